The predicted molar refractivity (Wildman–Crippen MR) is 81.9 cm³/mol. The van der Waals surface area contributed by atoms with E-state index >= 15 is 0 Å². The predicted octanol–water partition coefficient (Wildman–Crippen LogP) is 4.21. The van der Waals surface area contributed by atoms with Gasteiger partial charge in [0, 0.05) is 23.5 Å². The van der Waals surface area contributed by atoms with Gasteiger partial charge in [0.15, 0.2) is 0 Å². The topological polar surface area (TPSA) is 20.3 Å². The summed E-state index contributed by atoms with van der Waals surface area (Å²) in [6, 6.07) is 8.92. The van der Waals surface area contributed by atoms with E-state index in [4.69, 9.17) is 11.6 Å². The standard InChI is InChI=1S/C17H22ClNO/c18-14-8-5-13(6-9-14)7-12-17(20)19(16-10-11-16)15-3-1-2-4-15/h5-6,8-9,15-16H,1-4,7,10-12H2. The molecule has 0 saturated heterocycles. The monoisotopic (exact) mass is 291 g/mol. The van der Waals surface area contributed by atoms with Gasteiger partial charge in [-0.25, -0.2) is 0 Å². The fraction of sp³-hybridized carbons (Fsp3) is 0.588. The number of rotatable bonds is 5. The van der Waals surface area contributed by atoms with Crippen molar-refractivity contribution >= 4 is 17.5 Å². The number of hydrogen-bond acceptors (Lipinski definition) is 1. The van der Waals surface area contributed by atoms with Gasteiger partial charge in [0.05, 0.1) is 0 Å². The molecule has 3 heteroatoms. The van der Waals surface area contributed by atoms with Crippen LogP contribution in [0.2, 0.25) is 5.02 Å². The summed E-state index contributed by atoms with van der Waals surface area (Å²) < 4.78 is 0. The lowest BCUT2D eigenvalue weighted by Gasteiger charge is -2.29. The number of carbonyl (C=O) groups excluding carboxylic acids is 1. The molecular weight excluding hydrogens is 270 g/mol. The van der Waals surface area contributed by atoms with E-state index < -0.39 is 0 Å². The van der Waals surface area contributed by atoms with Gasteiger partial charge in [-0.3, -0.25) is 4.79 Å². The molecule has 0 radical (unpaired) electrons. The van der Waals surface area contributed by atoms with Crippen molar-refractivity contribution in [2.75, 3.05) is 0 Å². The van der Waals surface area contributed by atoms with Gasteiger partial charge in [-0.2, -0.15) is 0 Å². The highest BCUT2D eigenvalue weighted by molar-refractivity contribution is 6.30. The van der Waals surface area contributed by atoms with Crippen molar-refractivity contribution in [1.82, 2.24) is 4.90 Å². The molecule has 20 heavy (non-hydrogen) atoms. The summed E-state index contributed by atoms with van der Waals surface area (Å²) in [4.78, 5) is 14.8. The molecule has 1 amide bonds. The van der Waals surface area contributed by atoms with E-state index in [0.717, 1.165) is 11.4 Å². The maximum Gasteiger partial charge on any atom is 0.223 e. The molecular formula is C17H22ClNO. The summed E-state index contributed by atoms with van der Waals surface area (Å²) in [6.07, 6.45) is 8.88. The van der Waals surface area contributed by atoms with Gasteiger partial charge in [-0.1, -0.05) is 36.6 Å². The van der Waals surface area contributed by atoms with Gasteiger partial charge in [-0.05, 0) is 49.8 Å². The van der Waals surface area contributed by atoms with Crippen molar-refractivity contribution in [2.24, 2.45) is 0 Å². The van der Waals surface area contributed by atoms with Crippen LogP contribution in [0.15, 0.2) is 24.3 Å². The average molecular weight is 292 g/mol. The van der Waals surface area contributed by atoms with Crippen LogP contribution in [0.5, 0.6) is 0 Å². The van der Waals surface area contributed by atoms with Crippen LogP contribution in [-0.2, 0) is 11.2 Å². The highest BCUT2D eigenvalue weighted by Crippen LogP contribution is 2.35. The summed E-state index contributed by atoms with van der Waals surface area (Å²) in [5.74, 6) is 0.356. The molecule has 2 aliphatic carbocycles. The van der Waals surface area contributed by atoms with Crippen LogP contribution in [0.1, 0.15) is 50.5 Å². The van der Waals surface area contributed by atoms with Crippen molar-refractivity contribution in [3.63, 3.8) is 0 Å². The molecule has 0 aromatic heterocycles. The van der Waals surface area contributed by atoms with Crippen molar-refractivity contribution in [1.29, 1.82) is 0 Å². The number of amides is 1. The normalized spacial score (nSPS) is 19.2. The number of hydrogen-bond donors (Lipinski definition) is 0. The molecule has 0 spiro atoms. The maximum atomic E-state index is 12.6. The highest BCUT2D eigenvalue weighted by atomic mass is 35.5. The Labute approximate surface area is 126 Å². The van der Waals surface area contributed by atoms with Crippen LogP contribution in [0.3, 0.4) is 0 Å². The van der Waals surface area contributed by atoms with Crippen molar-refractivity contribution < 1.29 is 4.79 Å². The Morgan fingerprint density at radius 3 is 2.25 bits per heavy atom. The minimum absolute atomic E-state index is 0.356. The van der Waals surface area contributed by atoms with Gasteiger partial charge in [-0.15, -0.1) is 0 Å². The Hall–Kier alpha value is -1.02. The molecule has 0 N–H and O–H groups in total. The van der Waals surface area contributed by atoms with Crippen molar-refractivity contribution in [3.05, 3.63) is 34.9 Å². The molecule has 108 valence electrons. The lowest BCUT2D eigenvalue weighted by molar-refractivity contribution is -0.134. The molecule has 0 atom stereocenters. The van der Waals surface area contributed by atoms with E-state index in [0.29, 0.717) is 24.4 Å². The van der Waals surface area contributed by atoms with Gasteiger partial charge in [0.2, 0.25) is 5.91 Å². The Morgan fingerprint density at radius 2 is 1.65 bits per heavy atom. The van der Waals surface area contributed by atoms with Gasteiger partial charge in [0.25, 0.3) is 0 Å². The first-order valence-electron chi connectivity index (χ1n) is 7.79. The first-order valence-corrected chi connectivity index (χ1v) is 8.17. The maximum absolute atomic E-state index is 12.6. The highest BCUT2D eigenvalue weighted by Gasteiger charge is 2.37. The van der Waals surface area contributed by atoms with Gasteiger partial charge >= 0.3 is 0 Å². The molecule has 1 aromatic carbocycles. The number of nitrogens with zero attached hydrogens (tertiary/aromatic N) is 1. The third-order valence-electron chi connectivity index (χ3n) is 4.49. The minimum atomic E-state index is 0.356. The summed E-state index contributed by atoms with van der Waals surface area (Å²) >= 11 is 5.89. The molecule has 3 rings (SSSR count). The molecule has 0 bridgehead atoms. The lowest BCUT2D eigenvalue weighted by Crippen LogP contribution is -2.40. The van der Waals surface area contributed by atoms with E-state index in [1.165, 1.54) is 44.1 Å². The van der Waals surface area contributed by atoms with E-state index in [2.05, 4.69) is 4.90 Å². The SMILES string of the molecule is O=C(CCc1ccc(Cl)cc1)N(C1CCCC1)C1CC1. The lowest BCUT2D eigenvalue weighted by atomic mass is 10.1. The fourth-order valence-electron chi connectivity index (χ4n) is 3.27. The second-order valence-corrected chi connectivity index (χ2v) is 6.53. The van der Waals surface area contributed by atoms with Crippen molar-refractivity contribution in [2.45, 2.75) is 63.5 Å². The molecule has 0 aliphatic heterocycles. The zero-order valence-electron chi connectivity index (χ0n) is 11.9. The van der Waals surface area contributed by atoms with Gasteiger partial charge in [0.1, 0.15) is 0 Å². The molecule has 1 aromatic rings. The van der Waals surface area contributed by atoms with E-state index in [1.807, 2.05) is 24.3 Å². The molecule has 2 aliphatic rings. The number of carbonyl (C=O) groups is 1. The Balaban J connectivity index is 1.57. The van der Waals surface area contributed by atoms with Gasteiger partial charge < -0.3 is 4.90 Å². The van der Waals surface area contributed by atoms with Crippen LogP contribution in [-0.4, -0.2) is 22.9 Å². The summed E-state index contributed by atoms with van der Waals surface area (Å²) in [6.45, 7) is 0. The number of halogens is 1. The fourth-order valence-corrected chi connectivity index (χ4v) is 3.40. The Bertz CT molecular complexity index is 460. The van der Waals surface area contributed by atoms with Crippen LogP contribution in [0, 0.1) is 0 Å². The Kier molecular flexibility index (Phi) is 4.30. The first-order chi connectivity index (χ1) is 9.74. The van der Waals surface area contributed by atoms with E-state index in [9.17, 15) is 4.79 Å². The molecule has 0 heterocycles. The smallest absolute Gasteiger partial charge is 0.223 e. The molecule has 2 nitrogen and oxygen atoms in total. The molecule has 2 saturated carbocycles. The third-order valence-corrected chi connectivity index (χ3v) is 4.74. The van der Waals surface area contributed by atoms with Crippen molar-refractivity contribution in [3.8, 4) is 0 Å². The largest absolute Gasteiger partial charge is 0.337 e. The van der Waals surface area contributed by atoms with Crippen LogP contribution in [0.25, 0.3) is 0 Å². The quantitative estimate of drug-likeness (QED) is 0.796. The van der Waals surface area contributed by atoms with Crippen LogP contribution < -0.4 is 0 Å². The summed E-state index contributed by atoms with van der Waals surface area (Å²) in [5, 5.41) is 0.755. The average Bonchev–Trinajstić information content (AvgIpc) is 3.13. The van der Waals surface area contributed by atoms with Crippen LogP contribution in [0.4, 0.5) is 0 Å². The summed E-state index contributed by atoms with van der Waals surface area (Å²) in [5.41, 5.74) is 1.20. The van der Waals surface area contributed by atoms with E-state index in [-0.39, 0.29) is 0 Å². The second kappa shape index (κ2) is 6.17. The van der Waals surface area contributed by atoms with E-state index in [1.54, 1.807) is 0 Å². The van der Waals surface area contributed by atoms with Crippen LogP contribution >= 0.6 is 11.6 Å². The molecule has 2 fully saturated rings. The number of benzene rings is 1. The number of aryl methyl sites for hydroxylation is 1. The zero-order valence-corrected chi connectivity index (χ0v) is 12.6. The molecule has 0 unspecified atom stereocenters. The first kappa shape index (κ1) is 13.9. The second-order valence-electron chi connectivity index (χ2n) is 6.10. The minimum Gasteiger partial charge on any atom is -0.337 e. The Morgan fingerprint density at radius 1 is 1.05 bits per heavy atom. The summed E-state index contributed by atoms with van der Waals surface area (Å²) in [7, 11) is 0. The third kappa shape index (κ3) is 3.35. The zero-order chi connectivity index (χ0) is 13.9.